The number of carbonyl (C=O) groups excluding carboxylic acids is 1. The largest absolute Gasteiger partial charge is 0.383 e. The lowest BCUT2D eigenvalue weighted by molar-refractivity contribution is 0.183. The van der Waals surface area contributed by atoms with Gasteiger partial charge in [0.25, 0.3) is 0 Å². The van der Waals surface area contributed by atoms with E-state index in [0.29, 0.717) is 19.0 Å². The van der Waals surface area contributed by atoms with Gasteiger partial charge >= 0.3 is 6.03 Å². The van der Waals surface area contributed by atoms with E-state index in [9.17, 15) is 13.6 Å². The van der Waals surface area contributed by atoms with Crippen LogP contribution in [0.2, 0.25) is 0 Å². The third kappa shape index (κ3) is 4.72. The number of urea groups is 1. The third-order valence-corrected chi connectivity index (χ3v) is 3.40. The maximum atomic E-state index is 13.5. The molecule has 0 spiro atoms. The van der Waals surface area contributed by atoms with Crippen molar-refractivity contribution in [1.82, 2.24) is 25.0 Å². The Morgan fingerprint density at radius 3 is 2.92 bits per heavy atom. The molecule has 0 saturated carbocycles. The smallest absolute Gasteiger partial charge is 0.317 e. The van der Waals surface area contributed by atoms with Gasteiger partial charge in [-0.05, 0) is 6.07 Å². The van der Waals surface area contributed by atoms with Crippen LogP contribution in [0.4, 0.5) is 13.6 Å². The van der Waals surface area contributed by atoms with Crippen LogP contribution in [0.3, 0.4) is 0 Å². The Morgan fingerprint density at radius 1 is 1.42 bits per heavy atom. The average Bonchev–Trinajstić information content (AvgIpc) is 2.98. The Kier molecular flexibility index (Phi) is 6.19. The Balaban J connectivity index is 1.89. The number of amides is 2. The van der Waals surface area contributed by atoms with E-state index in [-0.39, 0.29) is 18.7 Å². The highest BCUT2D eigenvalue weighted by Gasteiger charge is 2.14. The van der Waals surface area contributed by atoms with E-state index < -0.39 is 17.7 Å². The van der Waals surface area contributed by atoms with Crippen LogP contribution in [0.5, 0.6) is 0 Å². The number of carbonyl (C=O) groups is 1. The SMILES string of the molecule is COCCn1cnnc1CN(C)C(=O)NCc1ccc(F)cc1F. The summed E-state index contributed by atoms with van der Waals surface area (Å²) in [5.74, 6) is -0.745. The topological polar surface area (TPSA) is 72.3 Å². The first-order valence-corrected chi connectivity index (χ1v) is 7.29. The second-order valence-corrected chi connectivity index (χ2v) is 5.18. The number of methoxy groups -OCH3 is 1. The normalized spacial score (nSPS) is 10.7. The standard InChI is InChI=1S/C15H19F2N5O2/c1-21(9-14-20-19-10-22(14)5-6-24-2)15(23)18-8-11-3-4-12(16)7-13(11)17/h3-4,7,10H,5-6,8-9H2,1-2H3,(H,18,23). The molecule has 0 unspecified atom stereocenters. The lowest BCUT2D eigenvalue weighted by Gasteiger charge is -2.18. The summed E-state index contributed by atoms with van der Waals surface area (Å²) in [5.41, 5.74) is 0.210. The van der Waals surface area contributed by atoms with Crippen molar-refractivity contribution in [1.29, 1.82) is 0 Å². The van der Waals surface area contributed by atoms with E-state index in [4.69, 9.17) is 4.74 Å². The molecule has 0 radical (unpaired) electrons. The van der Waals surface area contributed by atoms with Gasteiger partial charge in [0.15, 0.2) is 5.82 Å². The van der Waals surface area contributed by atoms with E-state index in [1.54, 1.807) is 25.1 Å². The molecule has 0 atom stereocenters. The predicted octanol–water partition coefficient (Wildman–Crippen LogP) is 1.54. The molecule has 2 rings (SSSR count). The molecule has 24 heavy (non-hydrogen) atoms. The van der Waals surface area contributed by atoms with Crippen molar-refractivity contribution in [2.45, 2.75) is 19.6 Å². The number of hydrogen-bond acceptors (Lipinski definition) is 4. The van der Waals surface area contributed by atoms with Gasteiger partial charge in [-0.2, -0.15) is 0 Å². The summed E-state index contributed by atoms with van der Waals surface area (Å²) < 4.78 is 33.2. The minimum Gasteiger partial charge on any atom is -0.383 e. The lowest BCUT2D eigenvalue weighted by Crippen LogP contribution is -2.37. The quantitative estimate of drug-likeness (QED) is 0.831. The van der Waals surface area contributed by atoms with E-state index in [1.165, 1.54) is 11.0 Å². The highest BCUT2D eigenvalue weighted by molar-refractivity contribution is 5.73. The molecule has 1 aromatic carbocycles. The number of hydrogen-bond donors (Lipinski definition) is 1. The number of benzene rings is 1. The molecule has 0 fully saturated rings. The fraction of sp³-hybridized carbons (Fsp3) is 0.400. The van der Waals surface area contributed by atoms with Gasteiger partial charge < -0.3 is 19.5 Å². The number of aromatic nitrogens is 3. The number of rotatable bonds is 7. The predicted molar refractivity (Wildman–Crippen MR) is 82.0 cm³/mol. The van der Waals surface area contributed by atoms with Crippen molar-refractivity contribution in [2.24, 2.45) is 0 Å². The molecule has 9 heteroatoms. The van der Waals surface area contributed by atoms with E-state index in [0.717, 1.165) is 12.1 Å². The average molecular weight is 339 g/mol. The molecular formula is C15H19F2N5O2. The van der Waals surface area contributed by atoms with Gasteiger partial charge in [-0.15, -0.1) is 10.2 Å². The van der Waals surface area contributed by atoms with Crippen LogP contribution in [-0.4, -0.2) is 46.5 Å². The number of nitrogens with zero attached hydrogens (tertiary/aromatic N) is 4. The molecular weight excluding hydrogens is 320 g/mol. The molecule has 0 aliphatic heterocycles. The summed E-state index contributed by atoms with van der Waals surface area (Å²) in [4.78, 5) is 13.5. The van der Waals surface area contributed by atoms with Crippen LogP contribution in [0, 0.1) is 11.6 Å². The van der Waals surface area contributed by atoms with Gasteiger partial charge in [-0.3, -0.25) is 0 Å². The summed E-state index contributed by atoms with van der Waals surface area (Å²) in [6.45, 7) is 1.28. The van der Waals surface area contributed by atoms with Gasteiger partial charge in [0.2, 0.25) is 0 Å². The minimum atomic E-state index is -0.697. The molecule has 130 valence electrons. The number of halogens is 2. The maximum Gasteiger partial charge on any atom is 0.317 e. The Labute approximate surface area is 138 Å². The monoisotopic (exact) mass is 339 g/mol. The first-order valence-electron chi connectivity index (χ1n) is 7.29. The second kappa shape index (κ2) is 8.34. The van der Waals surface area contributed by atoms with Crippen molar-refractivity contribution in [2.75, 3.05) is 20.8 Å². The highest BCUT2D eigenvalue weighted by atomic mass is 19.1. The first-order chi connectivity index (χ1) is 11.5. The number of nitrogens with one attached hydrogen (secondary N) is 1. The molecule has 1 heterocycles. The summed E-state index contributed by atoms with van der Waals surface area (Å²) >= 11 is 0. The van der Waals surface area contributed by atoms with Crippen LogP contribution in [0.1, 0.15) is 11.4 Å². The zero-order chi connectivity index (χ0) is 17.5. The fourth-order valence-corrected chi connectivity index (χ4v) is 2.03. The molecule has 0 saturated heterocycles. The van der Waals surface area contributed by atoms with Gasteiger partial charge in [0.1, 0.15) is 18.0 Å². The Hall–Kier alpha value is -2.55. The van der Waals surface area contributed by atoms with E-state index in [2.05, 4.69) is 15.5 Å². The lowest BCUT2D eigenvalue weighted by atomic mass is 10.2. The second-order valence-electron chi connectivity index (χ2n) is 5.18. The molecule has 0 bridgehead atoms. The molecule has 1 N–H and O–H groups in total. The van der Waals surface area contributed by atoms with Crippen molar-refractivity contribution < 1.29 is 18.3 Å². The van der Waals surface area contributed by atoms with Crippen molar-refractivity contribution in [3.05, 3.63) is 47.5 Å². The summed E-state index contributed by atoms with van der Waals surface area (Å²) in [6, 6.07) is 2.82. The third-order valence-electron chi connectivity index (χ3n) is 3.40. The van der Waals surface area contributed by atoms with Crippen LogP contribution < -0.4 is 5.32 Å². The zero-order valence-electron chi connectivity index (χ0n) is 13.5. The Morgan fingerprint density at radius 2 is 2.21 bits per heavy atom. The van der Waals surface area contributed by atoms with E-state index >= 15 is 0 Å². The van der Waals surface area contributed by atoms with Crippen LogP contribution in [-0.2, 0) is 24.4 Å². The summed E-state index contributed by atoms with van der Waals surface area (Å²) in [5, 5.41) is 10.4. The van der Waals surface area contributed by atoms with Gasteiger partial charge in [0, 0.05) is 38.9 Å². The summed E-state index contributed by atoms with van der Waals surface area (Å²) in [7, 11) is 3.18. The van der Waals surface area contributed by atoms with Gasteiger partial charge in [-0.1, -0.05) is 6.07 Å². The Bertz CT molecular complexity index is 692. The summed E-state index contributed by atoms with van der Waals surface area (Å²) in [6.07, 6.45) is 1.56. The molecule has 0 aliphatic rings. The van der Waals surface area contributed by atoms with Crippen molar-refractivity contribution >= 4 is 6.03 Å². The van der Waals surface area contributed by atoms with Crippen LogP contribution >= 0.6 is 0 Å². The van der Waals surface area contributed by atoms with Crippen LogP contribution in [0.15, 0.2) is 24.5 Å². The fourth-order valence-electron chi connectivity index (χ4n) is 2.03. The molecule has 1 aromatic heterocycles. The molecule has 2 aromatic rings. The van der Waals surface area contributed by atoms with Gasteiger partial charge in [-0.25, -0.2) is 13.6 Å². The molecule has 0 aliphatic carbocycles. The molecule has 7 nitrogen and oxygen atoms in total. The maximum absolute atomic E-state index is 13.5. The highest BCUT2D eigenvalue weighted by Crippen LogP contribution is 2.09. The van der Waals surface area contributed by atoms with Gasteiger partial charge in [0.05, 0.1) is 13.2 Å². The van der Waals surface area contributed by atoms with Crippen LogP contribution in [0.25, 0.3) is 0 Å². The zero-order valence-corrected chi connectivity index (χ0v) is 13.5. The number of ether oxygens (including phenoxy) is 1. The van der Waals surface area contributed by atoms with Crippen molar-refractivity contribution in [3.8, 4) is 0 Å². The molecule has 2 amide bonds. The van der Waals surface area contributed by atoms with E-state index in [1.807, 2.05) is 0 Å². The minimum absolute atomic E-state index is 0.0361. The van der Waals surface area contributed by atoms with Crippen molar-refractivity contribution in [3.63, 3.8) is 0 Å². The first kappa shape index (κ1) is 17.8.